The molecule has 0 atom stereocenters. The summed E-state index contributed by atoms with van der Waals surface area (Å²) in [7, 11) is 0. The van der Waals surface area contributed by atoms with Gasteiger partial charge in [-0.2, -0.15) is 0 Å². The van der Waals surface area contributed by atoms with Crippen molar-refractivity contribution in [1.82, 2.24) is 4.98 Å². The number of hydrogen-bond donors (Lipinski definition) is 1. The first-order chi connectivity index (χ1) is 9.74. The van der Waals surface area contributed by atoms with E-state index >= 15 is 0 Å². The molecule has 1 N–H and O–H groups in total. The molecule has 0 aliphatic carbocycles. The lowest BCUT2D eigenvalue weighted by Crippen LogP contribution is -2.02. The molecule has 3 rings (SSSR count). The zero-order valence-corrected chi connectivity index (χ0v) is 12.2. The van der Waals surface area contributed by atoms with Gasteiger partial charge in [-0.25, -0.2) is 4.39 Å². The van der Waals surface area contributed by atoms with Crippen molar-refractivity contribution in [2.75, 3.05) is 5.32 Å². The molecule has 0 fully saturated rings. The van der Waals surface area contributed by atoms with E-state index in [-0.39, 0.29) is 5.82 Å². The maximum atomic E-state index is 13.9. The molecule has 0 bridgehead atoms. The fraction of sp³-hybridized carbons (Fsp3) is 0.0625. The summed E-state index contributed by atoms with van der Waals surface area (Å²) in [6.45, 7) is 0.446. The number of aromatic nitrogens is 1. The molecule has 3 aromatic rings. The summed E-state index contributed by atoms with van der Waals surface area (Å²) in [5, 5.41) is 5.44. The highest BCUT2D eigenvalue weighted by Crippen LogP contribution is 2.21. The number of benzene rings is 2. The topological polar surface area (TPSA) is 24.9 Å². The summed E-state index contributed by atoms with van der Waals surface area (Å²) in [6.07, 6.45) is 3.59. The van der Waals surface area contributed by atoms with Gasteiger partial charge in [-0.1, -0.05) is 18.2 Å². The van der Waals surface area contributed by atoms with Crippen molar-refractivity contribution in [1.29, 1.82) is 0 Å². The number of hydrogen-bond acceptors (Lipinski definition) is 2. The van der Waals surface area contributed by atoms with Crippen LogP contribution in [0.15, 0.2) is 59.3 Å². The summed E-state index contributed by atoms with van der Waals surface area (Å²) in [5.74, 6) is -0.218. The molecule has 0 aliphatic rings. The predicted octanol–water partition coefficient (Wildman–Crippen LogP) is 4.75. The first kappa shape index (κ1) is 13.1. The normalized spacial score (nSPS) is 10.7. The van der Waals surface area contributed by atoms with Crippen molar-refractivity contribution >= 4 is 32.4 Å². The minimum absolute atomic E-state index is 0.218. The average molecular weight is 331 g/mol. The maximum absolute atomic E-state index is 13.9. The number of halogens is 2. The van der Waals surface area contributed by atoms with Crippen molar-refractivity contribution in [3.05, 3.63) is 70.7 Å². The quantitative estimate of drug-likeness (QED) is 0.749. The second kappa shape index (κ2) is 5.59. The van der Waals surface area contributed by atoms with Gasteiger partial charge in [0.25, 0.3) is 0 Å². The molecule has 100 valence electrons. The third kappa shape index (κ3) is 2.65. The number of nitrogens with one attached hydrogen (secondary N) is 1. The van der Waals surface area contributed by atoms with Gasteiger partial charge in [0.2, 0.25) is 0 Å². The van der Waals surface area contributed by atoms with Crippen LogP contribution in [-0.4, -0.2) is 4.98 Å². The van der Waals surface area contributed by atoms with Crippen LogP contribution >= 0.6 is 15.9 Å². The first-order valence-electron chi connectivity index (χ1n) is 6.24. The molecule has 0 aliphatic heterocycles. The Labute approximate surface area is 124 Å². The second-order valence-electron chi connectivity index (χ2n) is 4.50. The molecule has 4 heteroatoms. The summed E-state index contributed by atoms with van der Waals surface area (Å²) in [4.78, 5) is 4.08. The average Bonchev–Trinajstić information content (AvgIpc) is 2.48. The van der Waals surface area contributed by atoms with Crippen LogP contribution in [0.25, 0.3) is 10.8 Å². The van der Waals surface area contributed by atoms with Crippen LogP contribution < -0.4 is 5.32 Å². The summed E-state index contributed by atoms with van der Waals surface area (Å²) < 4.78 is 14.3. The minimum Gasteiger partial charge on any atom is -0.381 e. The van der Waals surface area contributed by atoms with Gasteiger partial charge >= 0.3 is 0 Å². The van der Waals surface area contributed by atoms with Crippen molar-refractivity contribution in [3.8, 4) is 0 Å². The fourth-order valence-corrected chi connectivity index (χ4v) is 2.48. The molecule has 0 radical (unpaired) electrons. The Hall–Kier alpha value is -1.94. The SMILES string of the molecule is Fc1c(Br)cccc1CNc1ccc2cnccc2c1. The summed E-state index contributed by atoms with van der Waals surface area (Å²) >= 11 is 3.20. The van der Waals surface area contributed by atoms with Gasteiger partial charge in [-0.3, -0.25) is 4.98 Å². The van der Waals surface area contributed by atoms with E-state index in [0.29, 0.717) is 16.6 Å². The Bertz CT molecular complexity index is 758. The molecule has 0 saturated carbocycles. The smallest absolute Gasteiger partial charge is 0.142 e. The Morgan fingerprint density at radius 3 is 2.90 bits per heavy atom. The van der Waals surface area contributed by atoms with Crippen LogP contribution in [0.4, 0.5) is 10.1 Å². The lowest BCUT2D eigenvalue weighted by Gasteiger charge is -2.09. The fourth-order valence-electron chi connectivity index (χ4n) is 2.08. The van der Waals surface area contributed by atoms with Crippen LogP contribution in [0.2, 0.25) is 0 Å². The van der Waals surface area contributed by atoms with E-state index in [1.807, 2.05) is 36.5 Å². The molecular weight excluding hydrogens is 319 g/mol. The summed E-state index contributed by atoms with van der Waals surface area (Å²) in [6, 6.07) is 13.3. The predicted molar refractivity (Wildman–Crippen MR) is 83.2 cm³/mol. The van der Waals surface area contributed by atoms with E-state index in [2.05, 4.69) is 26.2 Å². The number of pyridine rings is 1. The zero-order valence-electron chi connectivity index (χ0n) is 10.6. The molecular formula is C16H12BrFN2. The van der Waals surface area contributed by atoms with Crippen molar-refractivity contribution in [2.24, 2.45) is 0 Å². The van der Waals surface area contributed by atoms with E-state index in [4.69, 9.17) is 0 Å². The molecule has 0 amide bonds. The molecule has 0 unspecified atom stereocenters. The Balaban J connectivity index is 1.81. The van der Waals surface area contributed by atoms with Gasteiger partial charge in [-0.15, -0.1) is 0 Å². The Morgan fingerprint density at radius 1 is 1.10 bits per heavy atom. The highest BCUT2D eigenvalue weighted by atomic mass is 79.9. The van der Waals surface area contributed by atoms with Gasteiger partial charge in [0.05, 0.1) is 4.47 Å². The molecule has 20 heavy (non-hydrogen) atoms. The van der Waals surface area contributed by atoms with Crippen molar-refractivity contribution < 1.29 is 4.39 Å². The third-order valence-corrected chi connectivity index (χ3v) is 3.77. The molecule has 2 nitrogen and oxygen atoms in total. The zero-order chi connectivity index (χ0) is 13.9. The van der Waals surface area contributed by atoms with Crippen molar-refractivity contribution in [3.63, 3.8) is 0 Å². The van der Waals surface area contributed by atoms with E-state index < -0.39 is 0 Å². The first-order valence-corrected chi connectivity index (χ1v) is 7.04. The van der Waals surface area contributed by atoms with Crippen LogP contribution in [-0.2, 0) is 6.54 Å². The van der Waals surface area contributed by atoms with Crippen molar-refractivity contribution in [2.45, 2.75) is 6.54 Å². The van der Waals surface area contributed by atoms with Gasteiger partial charge < -0.3 is 5.32 Å². The Kier molecular flexibility index (Phi) is 3.65. The number of fused-ring (bicyclic) bond motifs is 1. The van der Waals surface area contributed by atoms with Crippen LogP contribution in [0.3, 0.4) is 0 Å². The van der Waals surface area contributed by atoms with Crippen LogP contribution in [0, 0.1) is 5.82 Å². The highest BCUT2D eigenvalue weighted by molar-refractivity contribution is 9.10. The third-order valence-electron chi connectivity index (χ3n) is 3.16. The van der Waals surface area contributed by atoms with Gasteiger partial charge in [-0.05, 0) is 45.6 Å². The van der Waals surface area contributed by atoms with Gasteiger partial charge in [0, 0.05) is 35.6 Å². The van der Waals surface area contributed by atoms with E-state index in [1.54, 1.807) is 18.3 Å². The highest BCUT2D eigenvalue weighted by Gasteiger charge is 2.05. The van der Waals surface area contributed by atoms with Gasteiger partial charge in [0.1, 0.15) is 5.82 Å². The van der Waals surface area contributed by atoms with E-state index in [9.17, 15) is 4.39 Å². The lowest BCUT2D eigenvalue weighted by atomic mass is 10.1. The maximum Gasteiger partial charge on any atom is 0.142 e. The molecule has 1 aromatic heterocycles. The number of nitrogens with zero attached hydrogens (tertiary/aromatic N) is 1. The monoisotopic (exact) mass is 330 g/mol. The lowest BCUT2D eigenvalue weighted by molar-refractivity contribution is 0.606. The standard InChI is InChI=1S/C16H12BrFN2/c17-15-3-1-2-13(16(15)18)10-20-14-5-4-12-9-19-7-6-11(12)8-14/h1-9,20H,10H2. The Morgan fingerprint density at radius 2 is 2.00 bits per heavy atom. The van der Waals surface area contributed by atoms with Crippen LogP contribution in [0.5, 0.6) is 0 Å². The second-order valence-corrected chi connectivity index (χ2v) is 5.36. The molecule has 1 heterocycles. The molecule has 0 saturated heterocycles. The van der Waals surface area contributed by atoms with Crippen LogP contribution in [0.1, 0.15) is 5.56 Å². The van der Waals surface area contributed by atoms with E-state index in [1.165, 1.54) is 0 Å². The number of rotatable bonds is 3. The molecule has 0 spiro atoms. The summed E-state index contributed by atoms with van der Waals surface area (Å²) in [5.41, 5.74) is 1.59. The number of anilines is 1. The largest absolute Gasteiger partial charge is 0.381 e. The minimum atomic E-state index is -0.218. The van der Waals surface area contributed by atoms with Gasteiger partial charge in [0.15, 0.2) is 0 Å². The molecule has 2 aromatic carbocycles. The van der Waals surface area contributed by atoms with E-state index in [0.717, 1.165) is 16.5 Å².